The fourth-order valence-corrected chi connectivity index (χ4v) is 2.34. The van der Waals surface area contributed by atoms with Gasteiger partial charge < -0.3 is 5.32 Å². The Morgan fingerprint density at radius 3 is 2.57 bits per heavy atom. The van der Waals surface area contributed by atoms with Crippen LogP contribution < -0.4 is 10.6 Å². The largest absolute Gasteiger partial charge is 0.321 e. The molecule has 0 bridgehead atoms. The Labute approximate surface area is 124 Å². The van der Waals surface area contributed by atoms with E-state index in [4.69, 9.17) is 11.6 Å². The molecule has 0 saturated heterocycles. The van der Waals surface area contributed by atoms with Gasteiger partial charge in [0.05, 0.1) is 16.8 Å². The van der Waals surface area contributed by atoms with Crippen molar-refractivity contribution in [2.24, 2.45) is 0 Å². The van der Waals surface area contributed by atoms with Crippen molar-refractivity contribution >= 4 is 35.0 Å². The maximum Gasteiger partial charge on any atom is 0.261 e. The first-order chi connectivity index (χ1) is 10.1. The van der Waals surface area contributed by atoms with Gasteiger partial charge in [-0.25, -0.2) is 0 Å². The van der Waals surface area contributed by atoms with Crippen molar-refractivity contribution in [1.82, 2.24) is 5.32 Å². The number of anilines is 1. The van der Waals surface area contributed by atoms with E-state index in [1.807, 2.05) is 0 Å². The first-order valence-corrected chi connectivity index (χ1v) is 6.49. The SMILES string of the molecule is O=C(Nc1cccc2c1C(=O)NC2=O)c1cccc(Cl)c1. The fourth-order valence-electron chi connectivity index (χ4n) is 2.15. The number of hydrogen-bond donors (Lipinski definition) is 2. The summed E-state index contributed by atoms with van der Waals surface area (Å²) in [7, 11) is 0. The molecule has 2 aromatic carbocycles. The summed E-state index contributed by atoms with van der Waals surface area (Å²) >= 11 is 5.84. The molecule has 1 aliphatic heterocycles. The van der Waals surface area contributed by atoms with Crippen molar-refractivity contribution < 1.29 is 14.4 Å². The Kier molecular flexibility index (Phi) is 3.19. The number of halogens is 1. The molecule has 0 unspecified atom stereocenters. The van der Waals surface area contributed by atoms with E-state index >= 15 is 0 Å². The summed E-state index contributed by atoms with van der Waals surface area (Å²) in [5.41, 5.74) is 1.09. The molecule has 6 heteroatoms. The molecule has 5 nitrogen and oxygen atoms in total. The highest BCUT2D eigenvalue weighted by atomic mass is 35.5. The number of benzene rings is 2. The first kappa shape index (κ1) is 13.3. The number of rotatable bonds is 2. The predicted octanol–water partition coefficient (Wildman–Crippen LogP) is 2.48. The summed E-state index contributed by atoms with van der Waals surface area (Å²) in [6.07, 6.45) is 0. The van der Waals surface area contributed by atoms with E-state index in [2.05, 4.69) is 10.6 Å². The highest BCUT2D eigenvalue weighted by Crippen LogP contribution is 2.25. The lowest BCUT2D eigenvalue weighted by Crippen LogP contribution is -2.20. The molecule has 1 aliphatic rings. The Hall–Kier alpha value is -2.66. The second kappa shape index (κ2) is 5.03. The van der Waals surface area contributed by atoms with Crippen molar-refractivity contribution in [3.63, 3.8) is 0 Å². The fraction of sp³-hybridized carbons (Fsp3) is 0. The number of carbonyl (C=O) groups excluding carboxylic acids is 3. The molecule has 1 heterocycles. The van der Waals surface area contributed by atoms with Gasteiger partial charge >= 0.3 is 0 Å². The van der Waals surface area contributed by atoms with Crippen LogP contribution >= 0.6 is 11.6 Å². The van der Waals surface area contributed by atoms with E-state index in [9.17, 15) is 14.4 Å². The second-order valence-electron chi connectivity index (χ2n) is 4.48. The van der Waals surface area contributed by atoms with Gasteiger partial charge in [0.2, 0.25) is 0 Å². The molecule has 0 aromatic heterocycles. The Morgan fingerprint density at radius 2 is 1.81 bits per heavy atom. The van der Waals surface area contributed by atoms with Crippen LogP contribution in [0.3, 0.4) is 0 Å². The number of carbonyl (C=O) groups is 3. The standard InChI is InChI=1S/C15H9ClN2O3/c16-9-4-1-3-8(7-9)13(19)17-11-6-2-5-10-12(11)15(21)18-14(10)20/h1-7H,(H,17,19)(H,18,20,21). The highest BCUT2D eigenvalue weighted by molar-refractivity contribution is 6.31. The Balaban J connectivity index is 1.95. The number of imide groups is 1. The molecule has 21 heavy (non-hydrogen) atoms. The summed E-state index contributed by atoms with van der Waals surface area (Å²) in [5, 5.41) is 5.26. The van der Waals surface area contributed by atoms with Crippen molar-refractivity contribution in [2.45, 2.75) is 0 Å². The van der Waals surface area contributed by atoms with Crippen LogP contribution in [0, 0.1) is 0 Å². The summed E-state index contributed by atoms with van der Waals surface area (Å²) in [5.74, 6) is -1.39. The lowest BCUT2D eigenvalue weighted by atomic mass is 10.1. The summed E-state index contributed by atoms with van der Waals surface area (Å²) < 4.78 is 0. The minimum atomic E-state index is -0.517. The maximum atomic E-state index is 12.2. The molecule has 104 valence electrons. The quantitative estimate of drug-likeness (QED) is 0.837. The monoisotopic (exact) mass is 300 g/mol. The van der Waals surface area contributed by atoms with Gasteiger partial charge in [-0.1, -0.05) is 23.7 Å². The molecule has 0 fully saturated rings. The van der Waals surface area contributed by atoms with Crippen LogP contribution in [-0.2, 0) is 0 Å². The molecule has 3 amide bonds. The number of hydrogen-bond acceptors (Lipinski definition) is 3. The summed E-state index contributed by atoms with van der Waals surface area (Å²) in [6.45, 7) is 0. The van der Waals surface area contributed by atoms with E-state index < -0.39 is 17.7 Å². The van der Waals surface area contributed by atoms with Gasteiger partial charge in [0.15, 0.2) is 0 Å². The van der Waals surface area contributed by atoms with Gasteiger partial charge in [0.1, 0.15) is 0 Å². The van der Waals surface area contributed by atoms with Crippen molar-refractivity contribution in [3.05, 3.63) is 64.2 Å². The summed E-state index contributed by atoms with van der Waals surface area (Å²) in [6, 6.07) is 11.1. The van der Waals surface area contributed by atoms with Crippen LogP contribution in [0.2, 0.25) is 5.02 Å². The third-order valence-corrected chi connectivity index (χ3v) is 3.33. The lowest BCUT2D eigenvalue weighted by molar-refractivity contribution is 0.0879. The van der Waals surface area contributed by atoms with Crippen LogP contribution in [0.1, 0.15) is 31.1 Å². The Morgan fingerprint density at radius 1 is 1.05 bits per heavy atom. The first-order valence-electron chi connectivity index (χ1n) is 6.12. The third kappa shape index (κ3) is 2.39. The smallest absolute Gasteiger partial charge is 0.261 e. The Bertz CT molecular complexity index is 786. The van der Waals surface area contributed by atoms with E-state index in [1.165, 1.54) is 12.1 Å². The van der Waals surface area contributed by atoms with Gasteiger partial charge in [-0.3, -0.25) is 19.7 Å². The minimum absolute atomic E-state index is 0.179. The average Bonchev–Trinajstić information content (AvgIpc) is 2.75. The molecule has 0 radical (unpaired) electrons. The molecule has 0 atom stereocenters. The zero-order valence-electron chi connectivity index (χ0n) is 10.6. The maximum absolute atomic E-state index is 12.2. The van der Waals surface area contributed by atoms with Crippen LogP contribution in [0.25, 0.3) is 0 Å². The van der Waals surface area contributed by atoms with Crippen molar-refractivity contribution in [2.75, 3.05) is 5.32 Å². The predicted molar refractivity (Wildman–Crippen MR) is 77.6 cm³/mol. The molecule has 0 saturated carbocycles. The molecule has 2 N–H and O–H groups in total. The van der Waals surface area contributed by atoms with Crippen LogP contribution in [0.5, 0.6) is 0 Å². The van der Waals surface area contributed by atoms with Crippen LogP contribution in [-0.4, -0.2) is 17.7 Å². The number of amides is 3. The summed E-state index contributed by atoms with van der Waals surface area (Å²) in [4.78, 5) is 35.5. The lowest BCUT2D eigenvalue weighted by Gasteiger charge is -2.08. The van der Waals surface area contributed by atoms with Crippen molar-refractivity contribution in [1.29, 1.82) is 0 Å². The molecule has 0 spiro atoms. The van der Waals surface area contributed by atoms with Gasteiger partial charge in [-0.2, -0.15) is 0 Å². The van der Waals surface area contributed by atoms with Crippen molar-refractivity contribution in [3.8, 4) is 0 Å². The zero-order valence-corrected chi connectivity index (χ0v) is 11.4. The topological polar surface area (TPSA) is 75.3 Å². The third-order valence-electron chi connectivity index (χ3n) is 3.10. The molecule has 2 aromatic rings. The van der Waals surface area contributed by atoms with Gasteiger partial charge in [0, 0.05) is 10.6 Å². The van der Waals surface area contributed by atoms with E-state index in [-0.39, 0.29) is 11.1 Å². The number of fused-ring (bicyclic) bond motifs is 1. The average molecular weight is 301 g/mol. The van der Waals surface area contributed by atoms with Gasteiger partial charge in [0.25, 0.3) is 17.7 Å². The normalized spacial score (nSPS) is 12.8. The molecular weight excluding hydrogens is 292 g/mol. The highest BCUT2D eigenvalue weighted by Gasteiger charge is 2.29. The van der Waals surface area contributed by atoms with E-state index in [0.717, 1.165) is 0 Å². The van der Waals surface area contributed by atoms with E-state index in [1.54, 1.807) is 30.3 Å². The van der Waals surface area contributed by atoms with Crippen LogP contribution in [0.4, 0.5) is 5.69 Å². The zero-order chi connectivity index (χ0) is 15.0. The molecule has 3 rings (SSSR count). The molecular formula is C15H9ClN2O3. The molecule has 0 aliphatic carbocycles. The minimum Gasteiger partial charge on any atom is -0.321 e. The van der Waals surface area contributed by atoms with Crippen LogP contribution in [0.15, 0.2) is 42.5 Å². The number of nitrogens with one attached hydrogen (secondary N) is 2. The van der Waals surface area contributed by atoms with Gasteiger partial charge in [-0.05, 0) is 30.3 Å². The van der Waals surface area contributed by atoms with Gasteiger partial charge in [-0.15, -0.1) is 0 Å². The van der Waals surface area contributed by atoms with E-state index in [0.29, 0.717) is 16.3 Å². The second-order valence-corrected chi connectivity index (χ2v) is 4.91.